The fourth-order valence-electron chi connectivity index (χ4n) is 3.46. The van der Waals surface area contributed by atoms with Crippen LogP contribution in [0.4, 0.5) is 5.69 Å². The Hall–Kier alpha value is -3.39. The minimum atomic E-state index is -3.86. The van der Waals surface area contributed by atoms with Crippen molar-refractivity contribution in [2.45, 2.75) is 37.2 Å². The summed E-state index contributed by atoms with van der Waals surface area (Å²) in [6.07, 6.45) is 5.31. The highest BCUT2D eigenvalue weighted by Gasteiger charge is 2.34. The lowest BCUT2D eigenvalue weighted by molar-refractivity contribution is 0.0729. The van der Waals surface area contributed by atoms with Crippen LogP contribution in [0.1, 0.15) is 34.3 Å². The van der Waals surface area contributed by atoms with Crippen LogP contribution in [0, 0.1) is 6.92 Å². The SMILES string of the molecule is COc1ccc(NS(=O)(=O)c2ccc(C)c(C(=O)N(Cc3ccncc3)C3CC3)c2)cc1. The first kappa shape index (κ1) is 21.8. The summed E-state index contributed by atoms with van der Waals surface area (Å²) in [7, 11) is -2.32. The standard InChI is InChI=1S/C24H25N3O4S/c1-17-3-10-22(32(29,30)26-19-4-8-21(31-2)9-5-19)15-23(17)24(28)27(20-6-7-20)16-18-11-13-25-14-12-18/h3-5,8-15,20,26H,6-7,16H2,1-2H3. The first-order valence-corrected chi connectivity index (χ1v) is 11.8. The maximum absolute atomic E-state index is 13.4. The molecule has 1 aliphatic carbocycles. The molecule has 0 aliphatic heterocycles. The zero-order valence-electron chi connectivity index (χ0n) is 18.0. The number of hydrogen-bond acceptors (Lipinski definition) is 5. The third-order valence-corrected chi connectivity index (χ3v) is 6.82. The Labute approximate surface area is 188 Å². The predicted octanol–water partition coefficient (Wildman–Crippen LogP) is 4.00. The summed E-state index contributed by atoms with van der Waals surface area (Å²) in [6.45, 7) is 2.28. The average Bonchev–Trinajstić information content (AvgIpc) is 3.63. The highest BCUT2D eigenvalue weighted by Crippen LogP contribution is 2.31. The molecular weight excluding hydrogens is 426 g/mol. The molecule has 1 aliphatic rings. The van der Waals surface area contributed by atoms with Gasteiger partial charge in [0.2, 0.25) is 0 Å². The van der Waals surface area contributed by atoms with E-state index in [9.17, 15) is 13.2 Å². The third kappa shape index (κ3) is 4.91. The molecule has 0 unspecified atom stereocenters. The molecule has 1 heterocycles. The summed E-state index contributed by atoms with van der Waals surface area (Å²) in [5.41, 5.74) is 2.53. The number of aromatic nitrogens is 1. The van der Waals surface area contributed by atoms with Crippen LogP contribution >= 0.6 is 0 Å². The van der Waals surface area contributed by atoms with Crippen LogP contribution in [-0.4, -0.2) is 37.4 Å². The Balaban J connectivity index is 1.60. The van der Waals surface area contributed by atoms with Crippen molar-refractivity contribution in [3.8, 4) is 5.75 Å². The van der Waals surface area contributed by atoms with Gasteiger partial charge in [-0.2, -0.15) is 0 Å². The Morgan fingerprint density at radius 3 is 2.41 bits per heavy atom. The Morgan fingerprint density at radius 2 is 1.78 bits per heavy atom. The monoisotopic (exact) mass is 451 g/mol. The minimum absolute atomic E-state index is 0.0435. The van der Waals surface area contributed by atoms with Crippen LogP contribution in [-0.2, 0) is 16.6 Å². The van der Waals surface area contributed by atoms with Gasteiger partial charge in [-0.1, -0.05) is 6.07 Å². The van der Waals surface area contributed by atoms with Crippen molar-refractivity contribution in [2.75, 3.05) is 11.8 Å². The Morgan fingerprint density at radius 1 is 1.09 bits per heavy atom. The number of carbonyl (C=O) groups is 1. The maximum Gasteiger partial charge on any atom is 0.261 e. The number of anilines is 1. The number of pyridine rings is 1. The van der Waals surface area contributed by atoms with E-state index in [2.05, 4.69) is 9.71 Å². The van der Waals surface area contributed by atoms with Crippen molar-refractivity contribution in [3.05, 3.63) is 83.7 Å². The fourth-order valence-corrected chi connectivity index (χ4v) is 4.55. The number of benzene rings is 2. The molecule has 0 bridgehead atoms. The zero-order valence-corrected chi connectivity index (χ0v) is 18.8. The summed E-state index contributed by atoms with van der Waals surface area (Å²) in [5.74, 6) is 0.467. The van der Waals surface area contributed by atoms with Crippen molar-refractivity contribution >= 4 is 21.6 Å². The fraction of sp³-hybridized carbons (Fsp3) is 0.250. The Kier molecular flexibility index (Phi) is 6.14. The Bertz CT molecular complexity index is 1210. The number of ether oxygens (including phenoxy) is 1. The number of hydrogen-bond donors (Lipinski definition) is 1. The molecule has 3 aromatic rings. The van der Waals surface area contributed by atoms with E-state index < -0.39 is 10.0 Å². The van der Waals surface area contributed by atoms with E-state index in [-0.39, 0.29) is 16.8 Å². The average molecular weight is 452 g/mol. The molecule has 0 atom stereocenters. The molecule has 0 radical (unpaired) electrons. The molecule has 0 saturated heterocycles. The number of sulfonamides is 1. The molecule has 32 heavy (non-hydrogen) atoms. The second kappa shape index (κ2) is 9.00. The van der Waals surface area contributed by atoms with Crippen molar-refractivity contribution < 1.29 is 17.9 Å². The molecule has 4 rings (SSSR count). The van der Waals surface area contributed by atoms with E-state index in [0.717, 1.165) is 24.0 Å². The predicted molar refractivity (Wildman–Crippen MR) is 122 cm³/mol. The lowest BCUT2D eigenvalue weighted by atomic mass is 10.1. The largest absolute Gasteiger partial charge is 0.497 e. The number of nitrogens with one attached hydrogen (secondary N) is 1. The van der Waals surface area contributed by atoms with Gasteiger partial charge >= 0.3 is 0 Å². The molecule has 2 aromatic carbocycles. The number of carbonyl (C=O) groups excluding carboxylic acids is 1. The van der Waals surface area contributed by atoms with Crippen molar-refractivity contribution in [1.29, 1.82) is 0 Å². The van der Waals surface area contributed by atoms with Gasteiger partial charge in [-0.25, -0.2) is 8.42 Å². The second-order valence-electron chi connectivity index (χ2n) is 7.83. The lowest BCUT2D eigenvalue weighted by Crippen LogP contribution is -2.33. The number of aryl methyl sites for hydroxylation is 1. The van der Waals surface area contributed by atoms with Gasteiger partial charge in [0.15, 0.2) is 0 Å². The van der Waals surface area contributed by atoms with Gasteiger partial charge in [-0.3, -0.25) is 14.5 Å². The molecule has 7 nitrogen and oxygen atoms in total. The molecule has 8 heteroatoms. The first-order chi connectivity index (χ1) is 15.4. The smallest absolute Gasteiger partial charge is 0.261 e. The van der Waals surface area contributed by atoms with E-state index in [1.807, 2.05) is 24.0 Å². The molecule has 1 fully saturated rings. The number of methoxy groups -OCH3 is 1. The summed E-state index contributed by atoms with van der Waals surface area (Å²) >= 11 is 0. The molecule has 166 valence electrons. The van der Waals surface area contributed by atoms with Gasteiger partial charge < -0.3 is 9.64 Å². The molecule has 1 saturated carbocycles. The zero-order chi connectivity index (χ0) is 22.7. The van der Waals surface area contributed by atoms with Gasteiger partial charge in [-0.15, -0.1) is 0 Å². The molecule has 1 N–H and O–H groups in total. The second-order valence-corrected chi connectivity index (χ2v) is 9.51. The van der Waals surface area contributed by atoms with Crippen LogP contribution in [0.2, 0.25) is 0 Å². The molecule has 1 aromatic heterocycles. The molecule has 0 spiro atoms. The third-order valence-electron chi connectivity index (χ3n) is 5.44. The van der Waals surface area contributed by atoms with Gasteiger partial charge in [0.25, 0.3) is 15.9 Å². The first-order valence-electron chi connectivity index (χ1n) is 10.3. The maximum atomic E-state index is 13.4. The van der Waals surface area contributed by atoms with Gasteiger partial charge in [0.1, 0.15) is 5.75 Å². The van der Waals surface area contributed by atoms with E-state index in [1.165, 1.54) is 12.1 Å². The van der Waals surface area contributed by atoms with Crippen molar-refractivity contribution in [2.24, 2.45) is 0 Å². The van der Waals surface area contributed by atoms with Gasteiger partial charge in [0, 0.05) is 36.2 Å². The van der Waals surface area contributed by atoms with Gasteiger partial charge in [0.05, 0.1) is 12.0 Å². The summed E-state index contributed by atoms with van der Waals surface area (Å²) in [5, 5.41) is 0. The van der Waals surface area contributed by atoms with Gasteiger partial charge in [-0.05, 0) is 79.4 Å². The molecular formula is C24H25N3O4S. The molecule has 1 amide bonds. The van der Waals surface area contributed by atoms with Crippen LogP contribution in [0.25, 0.3) is 0 Å². The van der Waals surface area contributed by atoms with E-state index >= 15 is 0 Å². The summed E-state index contributed by atoms with van der Waals surface area (Å²) < 4.78 is 33.6. The van der Waals surface area contributed by atoms with Crippen molar-refractivity contribution in [1.82, 2.24) is 9.88 Å². The minimum Gasteiger partial charge on any atom is -0.497 e. The van der Waals surface area contributed by atoms with Crippen LogP contribution in [0.3, 0.4) is 0 Å². The van der Waals surface area contributed by atoms with E-state index in [4.69, 9.17) is 4.74 Å². The number of amides is 1. The highest BCUT2D eigenvalue weighted by atomic mass is 32.2. The lowest BCUT2D eigenvalue weighted by Gasteiger charge is -2.24. The topological polar surface area (TPSA) is 88.6 Å². The van der Waals surface area contributed by atoms with Crippen molar-refractivity contribution in [3.63, 3.8) is 0 Å². The van der Waals surface area contributed by atoms with Crippen LogP contribution < -0.4 is 9.46 Å². The summed E-state index contributed by atoms with van der Waals surface area (Å²) in [6, 6.07) is 15.2. The van der Waals surface area contributed by atoms with Crippen LogP contribution in [0.15, 0.2) is 71.9 Å². The quantitative estimate of drug-likeness (QED) is 0.559. The summed E-state index contributed by atoms with van der Waals surface area (Å²) in [4.78, 5) is 19.3. The number of nitrogens with zero attached hydrogens (tertiary/aromatic N) is 2. The van der Waals surface area contributed by atoms with E-state index in [1.54, 1.807) is 49.8 Å². The van der Waals surface area contributed by atoms with E-state index in [0.29, 0.717) is 23.5 Å². The highest BCUT2D eigenvalue weighted by molar-refractivity contribution is 7.92. The number of rotatable bonds is 8. The van der Waals surface area contributed by atoms with Crippen LogP contribution in [0.5, 0.6) is 5.75 Å². The normalized spacial score (nSPS) is 13.4.